The lowest BCUT2D eigenvalue weighted by Gasteiger charge is -2.25. The van der Waals surface area contributed by atoms with E-state index < -0.39 is 17.6 Å². The van der Waals surface area contributed by atoms with Crippen LogP contribution >= 0.6 is 38.5 Å². The Balaban J connectivity index is 2.85. The van der Waals surface area contributed by atoms with Gasteiger partial charge in [-0.25, -0.2) is 8.42 Å². The summed E-state index contributed by atoms with van der Waals surface area (Å²) in [6.45, 7) is 1.59. The molecular weight excluding hydrogens is 371 g/mol. The van der Waals surface area contributed by atoms with Crippen molar-refractivity contribution in [3.05, 3.63) is 0 Å². The lowest BCUT2D eigenvalue weighted by atomic mass is 10.3. The number of rotatable bonds is 4. The number of hydrogen-bond donors (Lipinski definition) is 1. The molecule has 0 aromatic heterocycles. The van der Waals surface area contributed by atoms with Crippen LogP contribution < -0.4 is 0 Å². The average Bonchev–Trinajstić information content (AvgIpc) is 2.85. The standard InChI is InChI=1S/C7H12BrIO3S/c1-2-13(11,12)7(8,9)6(10)5-3-4-5/h5-6,10H,2-4H2,1H3/t6-,7+/m1/s1. The molecule has 0 spiro atoms. The maximum absolute atomic E-state index is 11.6. The molecule has 0 bridgehead atoms. The summed E-state index contributed by atoms with van der Waals surface area (Å²) in [5.41, 5.74) is 0. The molecule has 0 radical (unpaired) electrons. The molecule has 0 amide bonds. The van der Waals surface area contributed by atoms with Gasteiger partial charge in [-0.05, 0) is 41.4 Å². The highest BCUT2D eigenvalue weighted by molar-refractivity contribution is 14.1. The predicted molar refractivity (Wildman–Crippen MR) is 63.9 cm³/mol. The lowest BCUT2D eigenvalue weighted by Crippen LogP contribution is -2.40. The zero-order valence-corrected chi connectivity index (χ0v) is 11.8. The summed E-state index contributed by atoms with van der Waals surface area (Å²) < 4.78 is 22.0. The van der Waals surface area contributed by atoms with E-state index in [1.54, 1.807) is 29.5 Å². The molecule has 0 aromatic carbocycles. The van der Waals surface area contributed by atoms with Gasteiger partial charge in [0.1, 0.15) is 0 Å². The minimum Gasteiger partial charge on any atom is -0.389 e. The molecule has 0 aromatic rings. The van der Waals surface area contributed by atoms with Crippen LogP contribution in [0.2, 0.25) is 0 Å². The summed E-state index contributed by atoms with van der Waals surface area (Å²) in [5, 5.41) is 9.75. The molecule has 0 unspecified atom stereocenters. The van der Waals surface area contributed by atoms with Gasteiger partial charge in [0.2, 0.25) is 1.66 Å². The Bertz CT molecular complexity index is 284. The fraction of sp³-hybridized carbons (Fsp3) is 1.00. The first kappa shape index (κ1) is 12.2. The molecule has 1 saturated carbocycles. The SMILES string of the molecule is CCS(=O)(=O)[C@@](Br)(I)[C@H](O)C1CC1. The molecule has 13 heavy (non-hydrogen) atoms. The Hall–Kier alpha value is 1.12. The maximum Gasteiger partial charge on any atom is 0.203 e. The van der Waals surface area contributed by atoms with Crippen molar-refractivity contribution < 1.29 is 13.5 Å². The van der Waals surface area contributed by atoms with Crippen LogP contribution in [0.4, 0.5) is 0 Å². The largest absolute Gasteiger partial charge is 0.389 e. The highest BCUT2D eigenvalue weighted by Gasteiger charge is 2.50. The molecule has 78 valence electrons. The minimum absolute atomic E-state index is 0.0466. The van der Waals surface area contributed by atoms with E-state index in [0.717, 1.165) is 12.8 Å². The monoisotopic (exact) mass is 382 g/mol. The van der Waals surface area contributed by atoms with Gasteiger partial charge in [-0.1, -0.05) is 22.9 Å². The van der Waals surface area contributed by atoms with Crippen LogP contribution in [0.3, 0.4) is 0 Å². The third-order valence-electron chi connectivity index (χ3n) is 2.21. The summed E-state index contributed by atoms with van der Waals surface area (Å²) in [7, 11) is -3.25. The third-order valence-corrected chi connectivity index (χ3v) is 8.64. The Morgan fingerprint density at radius 3 is 2.46 bits per heavy atom. The van der Waals surface area contributed by atoms with Crippen LogP contribution in [0.5, 0.6) is 0 Å². The fourth-order valence-corrected chi connectivity index (χ4v) is 4.51. The second-order valence-corrected chi connectivity index (χ2v) is 11.4. The van der Waals surface area contributed by atoms with Crippen LogP contribution in [0.1, 0.15) is 19.8 Å². The molecule has 1 fully saturated rings. The van der Waals surface area contributed by atoms with E-state index in [9.17, 15) is 13.5 Å². The Labute approximate surface area is 100 Å². The van der Waals surface area contributed by atoms with Crippen LogP contribution in [0.15, 0.2) is 0 Å². The van der Waals surface area contributed by atoms with Gasteiger partial charge < -0.3 is 5.11 Å². The summed E-state index contributed by atoms with van der Waals surface area (Å²) in [6, 6.07) is 0. The van der Waals surface area contributed by atoms with E-state index in [-0.39, 0.29) is 11.7 Å². The summed E-state index contributed by atoms with van der Waals surface area (Å²) in [6.07, 6.45) is 1.06. The highest BCUT2D eigenvalue weighted by Crippen LogP contribution is 2.47. The topological polar surface area (TPSA) is 54.4 Å². The molecule has 0 saturated heterocycles. The molecule has 1 rings (SSSR count). The number of halogens is 2. The van der Waals surface area contributed by atoms with Gasteiger partial charge in [-0.2, -0.15) is 0 Å². The first-order valence-corrected chi connectivity index (χ1v) is 7.63. The zero-order valence-electron chi connectivity index (χ0n) is 7.20. The number of aliphatic hydroxyl groups is 1. The van der Waals surface area contributed by atoms with Gasteiger partial charge in [0.25, 0.3) is 0 Å². The second kappa shape index (κ2) is 3.94. The molecule has 1 aliphatic rings. The number of hydrogen-bond acceptors (Lipinski definition) is 3. The van der Waals surface area contributed by atoms with Crippen LogP contribution in [0.25, 0.3) is 0 Å². The summed E-state index contributed by atoms with van der Waals surface area (Å²) in [4.78, 5) is 0. The van der Waals surface area contributed by atoms with Crippen molar-refractivity contribution in [1.82, 2.24) is 0 Å². The highest BCUT2D eigenvalue weighted by atomic mass is 127. The predicted octanol–water partition coefficient (Wildman–Crippen LogP) is 1.68. The smallest absolute Gasteiger partial charge is 0.203 e. The quantitative estimate of drug-likeness (QED) is 0.594. The third kappa shape index (κ3) is 2.38. The lowest BCUT2D eigenvalue weighted by molar-refractivity contribution is 0.164. The maximum atomic E-state index is 11.6. The molecule has 0 heterocycles. The van der Waals surface area contributed by atoms with Crippen molar-refractivity contribution in [3.63, 3.8) is 0 Å². The first-order valence-electron chi connectivity index (χ1n) is 4.11. The van der Waals surface area contributed by atoms with Gasteiger partial charge in [-0.15, -0.1) is 0 Å². The van der Waals surface area contributed by atoms with Crippen molar-refractivity contribution in [1.29, 1.82) is 0 Å². The second-order valence-electron chi connectivity index (χ2n) is 3.25. The molecular formula is C7H12BrIO3S. The number of aliphatic hydroxyl groups excluding tert-OH is 1. The van der Waals surface area contributed by atoms with E-state index in [0.29, 0.717) is 0 Å². The van der Waals surface area contributed by atoms with Gasteiger partial charge >= 0.3 is 0 Å². The van der Waals surface area contributed by atoms with Crippen molar-refractivity contribution in [2.24, 2.45) is 5.92 Å². The Morgan fingerprint density at radius 2 is 2.15 bits per heavy atom. The van der Waals surface area contributed by atoms with E-state index >= 15 is 0 Å². The molecule has 3 nitrogen and oxygen atoms in total. The zero-order chi connectivity index (χ0) is 10.3. The molecule has 6 heteroatoms. The molecule has 2 atom stereocenters. The van der Waals surface area contributed by atoms with Crippen molar-refractivity contribution in [2.75, 3.05) is 5.75 Å². The van der Waals surface area contributed by atoms with E-state index in [2.05, 4.69) is 15.9 Å². The Kier molecular flexibility index (Phi) is 3.69. The van der Waals surface area contributed by atoms with Crippen LogP contribution in [-0.2, 0) is 9.84 Å². The van der Waals surface area contributed by atoms with E-state index in [1.807, 2.05) is 0 Å². The molecule has 1 N–H and O–H groups in total. The molecule has 0 aliphatic heterocycles. The average molecular weight is 383 g/mol. The summed E-state index contributed by atoms with van der Waals surface area (Å²) in [5.74, 6) is 0.197. The van der Waals surface area contributed by atoms with Crippen molar-refractivity contribution in [2.45, 2.75) is 27.5 Å². The minimum atomic E-state index is -3.25. The summed E-state index contributed by atoms with van der Waals surface area (Å²) >= 11 is 4.90. The van der Waals surface area contributed by atoms with Crippen LogP contribution in [-0.4, -0.2) is 27.0 Å². The van der Waals surface area contributed by atoms with Crippen molar-refractivity contribution in [3.8, 4) is 0 Å². The van der Waals surface area contributed by atoms with E-state index in [1.165, 1.54) is 0 Å². The first-order chi connectivity index (χ1) is 5.83. The van der Waals surface area contributed by atoms with Gasteiger partial charge in [0, 0.05) is 5.75 Å². The number of alkyl halides is 2. The van der Waals surface area contributed by atoms with Gasteiger partial charge in [0.05, 0.1) is 6.10 Å². The van der Waals surface area contributed by atoms with Gasteiger partial charge in [-0.3, -0.25) is 0 Å². The van der Waals surface area contributed by atoms with E-state index in [4.69, 9.17) is 0 Å². The fourth-order valence-electron chi connectivity index (χ4n) is 1.06. The molecule has 1 aliphatic carbocycles. The number of sulfone groups is 1. The van der Waals surface area contributed by atoms with Gasteiger partial charge in [0.15, 0.2) is 9.84 Å². The van der Waals surface area contributed by atoms with Crippen molar-refractivity contribution >= 4 is 48.4 Å². The van der Waals surface area contributed by atoms with Crippen LogP contribution in [0, 0.1) is 5.92 Å². The Morgan fingerprint density at radius 1 is 1.69 bits per heavy atom. The normalized spacial score (nSPS) is 25.2.